The van der Waals surface area contributed by atoms with Crippen LogP contribution < -0.4 is 10.2 Å². The van der Waals surface area contributed by atoms with Crippen molar-refractivity contribution in [1.82, 2.24) is 19.8 Å². The molecule has 1 aromatic carbocycles. The number of rotatable bonds is 4. The summed E-state index contributed by atoms with van der Waals surface area (Å²) in [5, 5.41) is 14.0. The fraction of sp³-hybridized carbons (Fsp3) is 0.731. The molecule has 6 nitrogen and oxygen atoms in total. The van der Waals surface area contributed by atoms with Gasteiger partial charge in [0, 0.05) is 50.8 Å². The van der Waals surface area contributed by atoms with Crippen LogP contribution in [-0.2, 0) is 0 Å². The first-order valence-electron chi connectivity index (χ1n) is 13.1. The Hall–Kier alpha value is -1.63. The molecule has 2 N–H and O–H groups in total. The van der Waals surface area contributed by atoms with Crippen molar-refractivity contribution < 1.29 is 5.11 Å². The van der Waals surface area contributed by atoms with E-state index in [2.05, 4.69) is 43.9 Å². The van der Waals surface area contributed by atoms with E-state index < -0.39 is 0 Å². The fourth-order valence-corrected chi connectivity index (χ4v) is 7.19. The van der Waals surface area contributed by atoms with Crippen molar-refractivity contribution in [2.75, 3.05) is 50.8 Å². The minimum absolute atomic E-state index is 0.0285. The van der Waals surface area contributed by atoms with E-state index in [1.54, 1.807) is 0 Å². The number of para-hydroxylation sites is 2. The molecule has 32 heavy (non-hydrogen) atoms. The van der Waals surface area contributed by atoms with Crippen molar-refractivity contribution in [2.24, 2.45) is 11.8 Å². The van der Waals surface area contributed by atoms with Crippen LogP contribution in [0.3, 0.4) is 0 Å². The molecule has 0 amide bonds. The minimum Gasteiger partial charge on any atom is -0.394 e. The number of hydrogen-bond acceptors (Lipinski definition) is 5. The molecule has 0 spiro atoms. The first kappa shape index (κ1) is 20.9. The highest BCUT2D eigenvalue weighted by Gasteiger charge is 2.41. The molecular formula is C26H39N5O. The molecule has 174 valence electrons. The van der Waals surface area contributed by atoms with Gasteiger partial charge in [-0.05, 0) is 49.7 Å². The van der Waals surface area contributed by atoms with Gasteiger partial charge in [-0.25, -0.2) is 4.98 Å². The number of aliphatic hydroxyl groups excluding tert-OH is 1. The van der Waals surface area contributed by atoms with Crippen molar-refractivity contribution in [2.45, 2.75) is 62.9 Å². The van der Waals surface area contributed by atoms with E-state index in [-0.39, 0.29) is 5.54 Å². The number of imidazole rings is 1. The van der Waals surface area contributed by atoms with Gasteiger partial charge in [0.05, 0.1) is 17.6 Å². The van der Waals surface area contributed by atoms with Gasteiger partial charge in [-0.2, -0.15) is 0 Å². The number of aliphatic hydroxyl groups is 1. The van der Waals surface area contributed by atoms with Crippen LogP contribution in [0.25, 0.3) is 11.0 Å². The van der Waals surface area contributed by atoms with Crippen LogP contribution in [0.1, 0.15) is 57.4 Å². The van der Waals surface area contributed by atoms with Gasteiger partial charge in [-0.15, -0.1) is 0 Å². The number of piperidine rings is 1. The first-order chi connectivity index (χ1) is 15.8. The quantitative estimate of drug-likeness (QED) is 0.718. The largest absolute Gasteiger partial charge is 0.394 e. The Morgan fingerprint density at radius 3 is 2.34 bits per heavy atom. The summed E-state index contributed by atoms with van der Waals surface area (Å²) in [6.07, 6.45) is 9.82. The van der Waals surface area contributed by atoms with Crippen molar-refractivity contribution in [3.05, 3.63) is 24.3 Å². The fourth-order valence-electron chi connectivity index (χ4n) is 7.19. The summed E-state index contributed by atoms with van der Waals surface area (Å²) in [4.78, 5) is 10.4. The van der Waals surface area contributed by atoms with E-state index in [1.165, 1.54) is 37.1 Å². The molecule has 2 atom stereocenters. The molecule has 4 heterocycles. The van der Waals surface area contributed by atoms with Gasteiger partial charge in [0.1, 0.15) is 0 Å². The van der Waals surface area contributed by atoms with Crippen molar-refractivity contribution in [3.63, 3.8) is 0 Å². The lowest BCUT2D eigenvalue weighted by Crippen LogP contribution is -2.54. The van der Waals surface area contributed by atoms with Crippen LogP contribution >= 0.6 is 0 Å². The third kappa shape index (κ3) is 3.55. The van der Waals surface area contributed by atoms with E-state index in [1.807, 2.05) is 0 Å². The monoisotopic (exact) mass is 437 g/mol. The van der Waals surface area contributed by atoms with Gasteiger partial charge in [-0.1, -0.05) is 37.8 Å². The maximum Gasteiger partial charge on any atom is 0.206 e. The van der Waals surface area contributed by atoms with Gasteiger partial charge in [0.2, 0.25) is 5.95 Å². The zero-order valence-electron chi connectivity index (χ0n) is 19.4. The number of nitrogens with one attached hydrogen (secondary N) is 1. The van der Waals surface area contributed by atoms with E-state index in [0.717, 1.165) is 82.3 Å². The lowest BCUT2D eigenvalue weighted by atomic mass is 9.86. The number of fused-ring (bicyclic) bond motifs is 2. The molecule has 4 fully saturated rings. The molecular weight excluding hydrogens is 398 g/mol. The van der Waals surface area contributed by atoms with E-state index in [4.69, 9.17) is 4.98 Å². The molecule has 3 saturated heterocycles. The van der Waals surface area contributed by atoms with E-state index >= 15 is 0 Å². The average Bonchev–Trinajstić information content (AvgIpc) is 3.48. The molecule has 0 bridgehead atoms. The number of aromatic nitrogens is 2. The Bertz CT molecular complexity index is 913. The van der Waals surface area contributed by atoms with E-state index in [9.17, 15) is 5.11 Å². The molecule has 2 aromatic rings. The predicted octanol–water partition coefficient (Wildman–Crippen LogP) is 3.41. The maximum absolute atomic E-state index is 10.4. The van der Waals surface area contributed by atoms with Crippen molar-refractivity contribution >= 4 is 17.0 Å². The highest BCUT2D eigenvalue weighted by molar-refractivity contribution is 5.79. The van der Waals surface area contributed by atoms with Crippen LogP contribution in [0, 0.1) is 11.8 Å². The van der Waals surface area contributed by atoms with Crippen molar-refractivity contribution in [1.29, 1.82) is 0 Å². The zero-order chi connectivity index (χ0) is 21.5. The second-order valence-corrected chi connectivity index (χ2v) is 10.9. The van der Waals surface area contributed by atoms with Crippen LogP contribution in [0.2, 0.25) is 0 Å². The summed E-state index contributed by atoms with van der Waals surface area (Å²) >= 11 is 0. The Labute approximate surface area is 192 Å². The summed E-state index contributed by atoms with van der Waals surface area (Å²) in [7, 11) is 0. The Morgan fingerprint density at radius 2 is 1.66 bits per heavy atom. The summed E-state index contributed by atoms with van der Waals surface area (Å²) in [6, 6.07) is 9.21. The van der Waals surface area contributed by atoms with Crippen LogP contribution in [0.15, 0.2) is 24.3 Å². The first-order valence-corrected chi connectivity index (χ1v) is 13.1. The summed E-state index contributed by atoms with van der Waals surface area (Å²) in [5.74, 6) is 2.74. The topological polar surface area (TPSA) is 56.6 Å². The number of benzene rings is 1. The molecule has 1 aromatic heterocycles. The highest BCUT2D eigenvalue weighted by Crippen LogP contribution is 2.40. The van der Waals surface area contributed by atoms with Crippen molar-refractivity contribution in [3.8, 4) is 0 Å². The molecule has 1 saturated carbocycles. The Balaban J connectivity index is 1.25. The SMILES string of the molecule is OCC1(N2CCC(n3c(N4CC5CNCC5C4)nc4ccccc43)CC2)CCCCCC1. The van der Waals surface area contributed by atoms with Gasteiger partial charge < -0.3 is 19.9 Å². The Kier molecular flexibility index (Phi) is 5.64. The van der Waals surface area contributed by atoms with Gasteiger partial charge in [0.15, 0.2) is 0 Å². The lowest BCUT2D eigenvalue weighted by molar-refractivity contribution is -0.00368. The number of likely N-dealkylation sites (tertiary alicyclic amines) is 1. The molecule has 3 aliphatic heterocycles. The highest BCUT2D eigenvalue weighted by atomic mass is 16.3. The number of nitrogens with zero attached hydrogens (tertiary/aromatic N) is 4. The van der Waals surface area contributed by atoms with Crippen LogP contribution in [0.4, 0.5) is 5.95 Å². The molecule has 0 radical (unpaired) electrons. The van der Waals surface area contributed by atoms with Gasteiger partial charge >= 0.3 is 0 Å². The smallest absolute Gasteiger partial charge is 0.206 e. The van der Waals surface area contributed by atoms with Crippen LogP contribution in [0.5, 0.6) is 0 Å². The second-order valence-electron chi connectivity index (χ2n) is 10.9. The second kappa shape index (κ2) is 8.62. The Morgan fingerprint density at radius 1 is 0.969 bits per heavy atom. The molecule has 6 rings (SSSR count). The molecule has 1 aliphatic carbocycles. The maximum atomic E-state index is 10.4. The number of hydrogen-bond donors (Lipinski definition) is 2. The minimum atomic E-state index is 0.0285. The standard InChI is InChI=1S/C26H39N5O/c32-19-26(11-5-1-2-6-12-26)30-13-9-22(10-14-30)31-24-8-4-3-7-23(24)28-25(31)29-17-20-15-27-16-21(20)18-29/h3-4,7-8,20-22,27,32H,1-2,5-6,9-19H2. The lowest BCUT2D eigenvalue weighted by Gasteiger charge is -2.46. The molecule has 2 unspecified atom stereocenters. The third-order valence-corrected chi connectivity index (χ3v) is 9.08. The zero-order valence-corrected chi connectivity index (χ0v) is 19.4. The summed E-state index contributed by atoms with van der Waals surface area (Å²) < 4.78 is 2.58. The van der Waals surface area contributed by atoms with Gasteiger partial charge in [0.25, 0.3) is 0 Å². The summed E-state index contributed by atoms with van der Waals surface area (Å²) in [5.41, 5.74) is 2.46. The van der Waals surface area contributed by atoms with E-state index in [0.29, 0.717) is 12.6 Å². The number of anilines is 1. The third-order valence-electron chi connectivity index (χ3n) is 9.08. The summed E-state index contributed by atoms with van der Waals surface area (Å²) in [6.45, 7) is 7.08. The molecule has 4 aliphatic rings. The average molecular weight is 438 g/mol. The molecule has 6 heteroatoms. The van der Waals surface area contributed by atoms with Crippen LogP contribution in [-0.4, -0.2) is 71.0 Å². The predicted molar refractivity (Wildman–Crippen MR) is 129 cm³/mol. The van der Waals surface area contributed by atoms with Gasteiger partial charge in [-0.3, -0.25) is 4.90 Å². The normalized spacial score (nSPS) is 29.5.